The number of aromatic nitrogens is 2. The molecular weight excluding hydrogens is 272 g/mol. The molecule has 1 atom stereocenters. The maximum atomic E-state index is 6.35. The van der Waals surface area contributed by atoms with Gasteiger partial charge in [-0.15, -0.1) is 11.6 Å². The highest BCUT2D eigenvalue weighted by Gasteiger charge is 2.42. The predicted octanol–water partition coefficient (Wildman–Crippen LogP) is 4.63. The Morgan fingerprint density at radius 1 is 1.45 bits per heavy atom. The normalized spacial score (nSPS) is 18.2. The summed E-state index contributed by atoms with van der Waals surface area (Å²) < 4.78 is 8.15. The van der Waals surface area contributed by atoms with Crippen molar-refractivity contribution >= 4 is 22.6 Å². The van der Waals surface area contributed by atoms with Crippen molar-refractivity contribution in [3.63, 3.8) is 0 Å². The lowest BCUT2D eigenvalue weighted by Gasteiger charge is -2.17. The van der Waals surface area contributed by atoms with Gasteiger partial charge in [0.15, 0.2) is 0 Å². The maximum absolute atomic E-state index is 6.35. The van der Waals surface area contributed by atoms with E-state index in [1.165, 1.54) is 12.8 Å². The van der Waals surface area contributed by atoms with Gasteiger partial charge in [0.1, 0.15) is 17.1 Å². The van der Waals surface area contributed by atoms with E-state index in [1.807, 2.05) is 19.1 Å². The average Bonchev–Trinajstić information content (AvgIpc) is 3.03. The molecule has 0 aliphatic heterocycles. The zero-order chi connectivity index (χ0) is 14.3. The Labute approximate surface area is 124 Å². The molecule has 0 amide bonds. The van der Waals surface area contributed by atoms with Crippen LogP contribution in [0.1, 0.15) is 51.2 Å². The average molecular weight is 293 g/mol. The van der Waals surface area contributed by atoms with Gasteiger partial charge in [0.05, 0.1) is 17.5 Å². The third-order valence-corrected chi connectivity index (χ3v) is 4.20. The number of nitrogens with zero attached hydrogens (tertiary/aromatic N) is 2. The zero-order valence-electron chi connectivity index (χ0n) is 12.3. The lowest BCUT2D eigenvalue weighted by Crippen LogP contribution is -2.16. The molecule has 1 fully saturated rings. The summed E-state index contributed by atoms with van der Waals surface area (Å²) in [6.07, 6.45) is 3.37. The summed E-state index contributed by atoms with van der Waals surface area (Å²) in [7, 11) is 0. The zero-order valence-corrected chi connectivity index (χ0v) is 13.1. The van der Waals surface area contributed by atoms with E-state index in [2.05, 4.69) is 24.5 Å². The van der Waals surface area contributed by atoms with E-state index in [9.17, 15) is 0 Å². The first-order valence-corrected chi connectivity index (χ1v) is 7.79. The minimum absolute atomic E-state index is 0.0983. The topological polar surface area (TPSA) is 27.1 Å². The molecule has 0 saturated heterocycles. The summed E-state index contributed by atoms with van der Waals surface area (Å²) in [5.74, 6) is 1.82. The number of para-hydroxylation sites is 1. The van der Waals surface area contributed by atoms with Gasteiger partial charge in [-0.05, 0) is 45.2 Å². The van der Waals surface area contributed by atoms with Gasteiger partial charge < -0.3 is 9.30 Å². The van der Waals surface area contributed by atoms with Gasteiger partial charge in [0, 0.05) is 5.54 Å². The minimum Gasteiger partial charge on any atom is -0.491 e. The monoisotopic (exact) mass is 292 g/mol. The number of halogens is 1. The van der Waals surface area contributed by atoms with Gasteiger partial charge in [-0.3, -0.25) is 0 Å². The van der Waals surface area contributed by atoms with Crippen LogP contribution in [0, 0.1) is 0 Å². The molecule has 3 nitrogen and oxygen atoms in total. The molecule has 1 aromatic heterocycles. The Kier molecular flexibility index (Phi) is 3.41. The first-order valence-electron chi connectivity index (χ1n) is 7.35. The van der Waals surface area contributed by atoms with E-state index in [4.69, 9.17) is 21.3 Å². The quantitative estimate of drug-likeness (QED) is 0.751. The van der Waals surface area contributed by atoms with Crippen molar-refractivity contribution in [2.24, 2.45) is 0 Å². The fourth-order valence-corrected chi connectivity index (χ4v) is 2.81. The number of rotatable bonds is 5. The van der Waals surface area contributed by atoms with Crippen LogP contribution >= 0.6 is 11.6 Å². The number of fused-ring (bicyclic) bond motifs is 1. The maximum Gasteiger partial charge on any atom is 0.147 e. The smallest absolute Gasteiger partial charge is 0.147 e. The van der Waals surface area contributed by atoms with Gasteiger partial charge in [0.2, 0.25) is 0 Å². The summed E-state index contributed by atoms with van der Waals surface area (Å²) in [5, 5.41) is -0.0983. The van der Waals surface area contributed by atoms with E-state index in [-0.39, 0.29) is 10.9 Å². The molecule has 1 aliphatic rings. The Balaban J connectivity index is 2.18. The largest absolute Gasteiger partial charge is 0.491 e. The molecule has 1 heterocycles. The first kappa shape index (κ1) is 13.7. The van der Waals surface area contributed by atoms with E-state index < -0.39 is 0 Å². The standard InChI is InChI=1S/C16H21ClN2O/c1-4-10-20-13-7-5-6-12-14(13)18-15(11(2)17)19(12)16(3)8-9-16/h5-7,11H,4,8-10H2,1-3H3. The number of imidazole rings is 1. The van der Waals surface area contributed by atoms with Crippen LogP contribution in [0.15, 0.2) is 18.2 Å². The molecule has 20 heavy (non-hydrogen) atoms. The molecule has 0 radical (unpaired) electrons. The Hall–Kier alpha value is -1.22. The van der Waals surface area contributed by atoms with Gasteiger partial charge in [-0.2, -0.15) is 0 Å². The summed E-state index contributed by atoms with van der Waals surface area (Å²) in [6, 6.07) is 6.15. The van der Waals surface area contributed by atoms with Crippen LogP contribution in [0.4, 0.5) is 0 Å². The van der Waals surface area contributed by atoms with Gasteiger partial charge >= 0.3 is 0 Å². The van der Waals surface area contributed by atoms with Crippen LogP contribution in [0.5, 0.6) is 5.75 Å². The van der Waals surface area contributed by atoms with E-state index in [0.717, 1.165) is 35.6 Å². The number of benzene rings is 1. The third-order valence-electron chi connectivity index (χ3n) is 4.00. The minimum atomic E-state index is -0.0983. The molecule has 2 aromatic rings. The van der Waals surface area contributed by atoms with Crippen LogP contribution in [0.2, 0.25) is 0 Å². The number of hydrogen-bond acceptors (Lipinski definition) is 2. The van der Waals surface area contributed by atoms with Crippen molar-refractivity contribution in [2.45, 2.75) is 50.9 Å². The molecular formula is C16H21ClN2O. The molecule has 1 unspecified atom stereocenters. The second kappa shape index (κ2) is 4.96. The van der Waals surface area contributed by atoms with Crippen molar-refractivity contribution in [3.05, 3.63) is 24.0 Å². The van der Waals surface area contributed by atoms with Crippen LogP contribution in [0.3, 0.4) is 0 Å². The second-order valence-electron chi connectivity index (χ2n) is 5.89. The molecule has 0 spiro atoms. The van der Waals surface area contributed by atoms with Crippen molar-refractivity contribution in [1.82, 2.24) is 9.55 Å². The number of alkyl halides is 1. The SMILES string of the molecule is CCCOc1cccc2c1nc(C(C)Cl)n2C1(C)CC1. The van der Waals surface area contributed by atoms with E-state index >= 15 is 0 Å². The van der Waals surface area contributed by atoms with Gasteiger partial charge in [0.25, 0.3) is 0 Å². The van der Waals surface area contributed by atoms with Gasteiger partial charge in [-0.1, -0.05) is 13.0 Å². The van der Waals surface area contributed by atoms with Crippen LogP contribution in [-0.4, -0.2) is 16.2 Å². The highest BCUT2D eigenvalue weighted by molar-refractivity contribution is 6.20. The van der Waals surface area contributed by atoms with Crippen LogP contribution in [-0.2, 0) is 5.54 Å². The molecule has 1 aromatic carbocycles. The Morgan fingerprint density at radius 3 is 2.80 bits per heavy atom. The summed E-state index contributed by atoms with van der Waals surface area (Å²) >= 11 is 6.35. The molecule has 1 aliphatic carbocycles. The Morgan fingerprint density at radius 2 is 2.20 bits per heavy atom. The van der Waals surface area contributed by atoms with Crippen LogP contribution < -0.4 is 4.74 Å². The number of ether oxygens (including phenoxy) is 1. The fraction of sp³-hybridized carbons (Fsp3) is 0.562. The summed E-state index contributed by atoms with van der Waals surface area (Å²) in [6.45, 7) is 7.08. The van der Waals surface area contributed by atoms with E-state index in [1.54, 1.807) is 0 Å². The molecule has 108 valence electrons. The highest BCUT2D eigenvalue weighted by atomic mass is 35.5. The molecule has 0 bridgehead atoms. The molecule has 4 heteroatoms. The fourth-order valence-electron chi connectivity index (χ4n) is 2.66. The van der Waals surface area contributed by atoms with Crippen molar-refractivity contribution in [1.29, 1.82) is 0 Å². The Bertz CT molecular complexity index is 629. The summed E-state index contributed by atoms with van der Waals surface area (Å²) in [5.41, 5.74) is 2.26. The first-order chi connectivity index (χ1) is 9.57. The lowest BCUT2D eigenvalue weighted by molar-refractivity contribution is 0.320. The molecule has 0 N–H and O–H groups in total. The number of hydrogen-bond donors (Lipinski definition) is 0. The van der Waals surface area contributed by atoms with E-state index in [0.29, 0.717) is 0 Å². The van der Waals surface area contributed by atoms with Gasteiger partial charge in [-0.25, -0.2) is 4.98 Å². The van der Waals surface area contributed by atoms with Crippen molar-refractivity contribution in [2.75, 3.05) is 6.61 Å². The van der Waals surface area contributed by atoms with Crippen molar-refractivity contribution < 1.29 is 4.74 Å². The molecule has 1 saturated carbocycles. The van der Waals surface area contributed by atoms with Crippen molar-refractivity contribution in [3.8, 4) is 5.75 Å². The predicted molar refractivity (Wildman–Crippen MR) is 82.7 cm³/mol. The third kappa shape index (κ3) is 2.18. The van der Waals surface area contributed by atoms with Crippen LogP contribution in [0.25, 0.3) is 11.0 Å². The highest BCUT2D eigenvalue weighted by Crippen LogP contribution is 2.47. The molecule has 3 rings (SSSR count). The lowest BCUT2D eigenvalue weighted by atomic mass is 10.2. The summed E-state index contributed by atoms with van der Waals surface area (Å²) in [4.78, 5) is 4.78. The second-order valence-corrected chi connectivity index (χ2v) is 6.55.